The van der Waals surface area contributed by atoms with Crippen molar-refractivity contribution in [1.29, 1.82) is 0 Å². The number of aliphatic hydroxyl groups is 6. The highest BCUT2D eigenvalue weighted by molar-refractivity contribution is 7.86. The minimum atomic E-state index is -4.72. The SMILES string of the molecule is CCCCCCCCCCCCCCCCC[N+](C)(C)CCC[Si](OCC(CO)(CO)NCCS(=O)(=O)[O-])(OCC(CO)(CO)NCCS(=O)(=O)O)OCC(CO)(CO)NCCS(=O)(=O)O. The molecule has 0 aliphatic carbocycles. The zero-order valence-electron chi connectivity index (χ0n) is 39.9. The van der Waals surface area contributed by atoms with Crippen LogP contribution in [0.4, 0.5) is 0 Å². The van der Waals surface area contributed by atoms with E-state index in [1.54, 1.807) is 0 Å². The Morgan fingerprint density at radius 1 is 0.485 bits per heavy atom. The number of quaternary nitrogens is 1. The van der Waals surface area contributed by atoms with E-state index in [0.717, 1.165) is 32.2 Å². The van der Waals surface area contributed by atoms with E-state index in [4.69, 9.17) is 13.3 Å². The largest absolute Gasteiger partial charge is 0.748 e. The van der Waals surface area contributed by atoms with Gasteiger partial charge in [0, 0.05) is 32.1 Å². The van der Waals surface area contributed by atoms with Gasteiger partial charge in [-0.25, -0.2) is 8.42 Å². The Bertz CT molecular complexity index is 1430. The van der Waals surface area contributed by atoms with Crippen molar-refractivity contribution >= 4 is 39.2 Å². The van der Waals surface area contributed by atoms with Crippen LogP contribution in [0.25, 0.3) is 0 Å². The number of aliphatic hydroxyl groups excluding tert-OH is 6. The maximum absolute atomic E-state index is 11.5. The van der Waals surface area contributed by atoms with Gasteiger partial charge in [0.25, 0.3) is 20.2 Å². The molecule has 0 atom stereocenters. The van der Waals surface area contributed by atoms with Crippen LogP contribution in [0.2, 0.25) is 6.04 Å². The van der Waals surface area contributed by atoms with Crippen LogP contribution in [-0.4, -0.2) is 223 Å². The predicted octanol–water partition coefficient (Wildman–Crippen LogP) is -0.427. The van der Waals surface area contributed by atoms with Gasteiger partial charge in [0.1, 0.15) is 0 Å². The summed E-state index contributed by atoms with van der Waals surface area (Å²) in [6, 6.07) is -0.0642. The van der Waals surface area contributed by atoms with E-state index in [1.807, 2.05) is 14.1 Å². The second kappa shape index (κ2) is 33.9. The van der Waals surface area contributed by atoms with E-state index < -0.39 is 152 Å². The van der Waals surface area contributed by atoms with Gasteiger partial charge in [-0.05, 0) is 12.8 Å². The number of hydrogen-bond donors (Lipinski definition) is 11. The van der Waals surface area contributed by atoms with Gasteiger partial charge in [0.2, 0.25) is 0 Å². The molecule has 22 nitrogen and oxygen atoms in total. The average Bonchev–Trinajstić information content (AvgIpc) is 3.24. The molecular formula is C40H88N4O18S3Si. The zero-order chi connectivity index (χ0) is 50.3. The second-order valence-electron chi connectivity index (χ2n) is 18.4. The first-order valence-corrected chi connectivity index (χ1v) is 30.1. The molecule has 0 aromatic rings. The number of nitrogens with one attached hydrogen (secondary N) is 3. The van der Waals surface area contributed by atoms with Crippen molar-refractivity contribution in [2.24, 2.45) is 0 Å². The van der Waals surface area contributed by atoms with E-state index in [0.29, 0.717) is 17.4 Å². The Hall–Kier alpha value is -0.573. The molecule has 0 saturated carbocycles. The Labute approximate surface area is 396 Å². The molecule has 398 valence electrons. The number of nitrogens with zero attached hydrogens (tertiary/aromatic N) is 1. The molecule has 26 heteroatoms. The van der Waals surface area contributed by atoms with Crippen LogP contribution < -0.4 is 16.0 Å². The summed E-state index contributed by atoms with van der Waals surface area (Å²) in [6.45, 7) is -4.93. The summed E-state index contributed by atoms with van der Waals surface area (Å²) in [6.07, 6.45) is 18.8. The third-order valence-corrected chi connectivity index (χ3v) is 16.6. The van der Waals surface area contributed by atoms with E-state index in [1.165, 1.54) is 70.6 Å². The van der Waals surface area contributed by atoms with Gasteiger partial charge in [0.15, 0.2) is 0 Å². The maximum Gasteiger partial charge on any atom is 0.501 e. The van der Waals surface area contributed by atoms with Crippen LogP contribution in [0.15, 0.2) is 0 Å². The first-order chi connectivity index (χ1) is 30.9. The molecule has 0 bridgehead atoms. The molecule has 0 heterocycles. The first-order valence-electron chi connectivity index (χ1n) is 23.4. The van der Waals surface area contributed by atoms with E-state index in [2.05, 4.69) is 22.9 Å². The lowest BCUT2D eigenvalue weighted by atomic mass is 10.0. The molecule has 0 amide bonds. The zero-order valence-corrected chi connectivity index (χ0v) is 43.3. The Morgan fingerprint density at radius 3 is 1.06 bits per heavy atom. The predicted molar refractivity (Wildman–Crippen MR) is 252 cm³/mol. The molecule has 0 spiro atoms. The molecule has 11 N–H and O–H groups in total. The Morgan fingerprint density at radius 2 is 0.773 bits per heavy atom. The third-order valence-electron chi connectivity index (χ3n) is 11.7. The van der Waals surface area contributed by atoms with Crippen LogP contribution in [0.1, 0.15) is 110 Å². The smallest absolute Gasteiger partial charge is 0.501 e. The van der Waals surface area contributed by atoms with Crippen LogP contribution >= 0.6 is 0 Å². The molecule has 0 saturated heterocycles. The monoisotopic (exact) mass is 1040 g/mol. The highest BCUT2D eigenvalue weighted by atomic mass is 32.2. The molecule has 0 radical (unpaired) electrons. The molecule has 0 fully saturated rings. The third kappa shape index (κ3) is 31.6. The molecule has 66 heavy (non-hydrogen) atoms. The lowest BCUT2D eigenvalue weighted by Crippen LogP contribution is -2.64. The van der Waals surface area contributed by atoms with Gasteiger partial charge in [-0.2, -0.15) is 16.8 Å². The fraction of sp³-hybridized carbons (Fsp3) is 1.00. The summed E-state index contributed by atoms with van der Waals surface area (Å²) in [7, 11) is -14.0. The first kappa shape index (κ1) is 65.4. The summed E-state index contributed by atoms with van der Waals surface area (Å²) < 4.78 is 118. The summed E-state index contributed by atoms with van der Waals surface area (Å²) in [5, 5.41) is 70.6. The fourth-order valence-electron chi connectivity index (χ4n) is 7.08. The van der Waals surface area contributed by atoms with Gasteiger partial charge >= 0.3 is 8.80 Å². The lowest BCUT2D eigenvalue weighted by Gasteiger charge is -2.41. The number of hydrogen-bond acceptors (Lipinski definition) is 19. The lowest BCUT2D eigenvalue weighted by molar-refractivity contribution is -0.890. The quantitative estimate of drug-likeness (QED) is 0.0159. The molecular weight excluding hydrogens is 949 g/mol. The van der Waals surface area contributed by atoms with Gasteiger partial charge < -0.3 is 68.9 Å². The van der Waals surface area contributed by atoms with Gasteiger partial charge in [0.05, 0.1) is 131 Å². The van der Waals surface area contributed by atoms with Gasteiger partial charge in [-0.3, -0.25) is 9.11 Å². The topological polar surface area (TPSA) is 351 Å². The van der Waals surface area contributed by atoms with Crippen LogP contribution in [-0.2, 0) is 43.6 Å². The van der Waals surface area contributed by atoms with Gasteiger partial charge in [-0.15, -0.1) is 0 Å². The molecule has 0 rings (SSSR count). The Balaban J connectivity index is 6.37. The van der Waals surface area contributed by atoms with Crippen molar-refractivity contribution < 1.29 is 87.3 Å². The van der Waals surface area contributed by atoms with Crippen LogP contribution in [0.3, 0.4) is 0 Å². The summed E-state index contributed by atoms with van der Waals surface area (Å²) >= 11 is 0. The van der Waals surface area contributed by atoms with Gasteiger partial charge in [-0.1, -0.05) is 90.4 Å². The maximum atomic E-state index is 11.5. The van der Waals surface area contributed by atoms with E-state index in [9.17, 15) is 69.6 Å². The highest BCUT2D eigenvalue weighted by Gasteiger charge is 2.48. The summed E-state index contributed by atoms with van der Waals surface area (Å²) in [5.41, 5.74) is -5.39. The van der Waals surface area contributed by atoms with Crippen molar-refractivity contribution in [3.63, 3.8) is 0 Å². The minimum absolute atomic E-state index is 0.0642. The number of unbranched alkanes of at least 4 members (excludes halogenated alkanes) is 14. The molecule has 0 aliphatic rings. The van der Waals surface area contributed by atoms with Crippen LogP contribution in [0, 0.1) is 0 Å². The van der Waals surface area contributed by atoms with Crippen molar-refractivity contribution in [3.8, 4) is 0 Å². The second-order valence-corrected chi connectivity index (χ2v) is 25.8. The normalized spacial score (nSPS) is 13.8. The standard InChI is InChI=1S/C40H88N4O18S3Si/c1-4-5-6-7-8-9-10-11-12-13-14-15-16-17-18-23-44(2,3)24-19-28-66(60-35-38(29-45,30-46)41-20-25-63(51,52)53,61-36-39(31-47,32-48)42-21-26-64(54,55)56)62-37-40(33-49,34-50)43-22-27-65(57,58)59/h41-43,45-50H,4-37H2,1-3H3,(H2-,51,52,53,54,55,56,57,58,59). The Kier molecular flexibility index (Phi) is 33.6. The van der Waals surface area contributed by atoms with Crippen molar-refractivity contribution in [3.05, 3.63) is 0 Å². The number of rotatable bonds is 47. The summed E-state index contributed by atoms with van der Waals surface area (Å²) in [4.78, 5) is 0. The summed E-state index contributed by atoms with van der Waals surface area (Å²) in [5.74, 6) is -2.52. The molecule has 0 aromatic heterocycles. The van der Waals surface area contributed by atoms with E-state index in [-0.39, 0.29) is 6.04 Å². The molecule has 0 aromatic carbocycles. The average molecular weight is 1040 g/mol. The molecule has 0 unspecified atom stereocenters. The minimum Gasteiger partial charge on any atom is -0.748 e. The fourth-order valence-corrected chi connectivity index (χ4v) is 10.9. The van der Waals surface area contributed by atoms with Crippen molar-refractivity contribution in [2.75, 3.05) is 124 Å². The van der Waals surface area contributed by atoms with E-state index >= 15 is 0 Å². The highest BCUT2D eigenvalue weighted by Crippen LogP contribution is 2.26. The molecule has 0 aliphatic heterocycles. The van der Waals surface area contributed by atoms with Crippen LogP contribution in [0.5, 0.6) is 0 Å². The van der Waals surface area contributed by atoms with Crippen molar-refractivity contribution in [1.82, 2.24) is 16.0 Å². The van der Waals surface area contributed by atoms with Crippen molar-refractivity contribution in [2.45, 2.75) is 132 Å².